The van der Waals surface area contributed by atoms with Gasteiger partial charge in [-0.15, -0.1) is 0 Å². The van der Waals surface area contributed by atoms with Crippen molar-refractivity contribution in [2.45, 2.75) is 25.7 Å². The first-order valence-corrected chi connectivity index (χ1v) is 7.33. The summed E-state index contributed by atoms with van der Waals surface area (Å²) in [5.41, 5.74) is 1.22. The lowest BCUT2D eigenvalue weighted by atomic mass is 9.94. The lowest BCUT2D eigenvalue weighted by Gasteiger charge is -2.27. The summed E-state index contributed by atoms with van der Waals surface area (Å²) in [6.07, 6.45) is 4.13. The van der Waals surface area contributed by atoms with Crippen LogP contribution in [0.5, 0.6) is 0 Å². The van der Waals surface area contributed by atoms with Crippen LogP contribution in [-0.2, 0) is 12.8 Å². The first-order valence-electron chi connectivity index (χ1n) is 7.33. The van der Waals surface area contributed by atoms with E-state index < -0.39 is 0 Å². The Kier molecular flexibility index (Phi) is 4.11. The van der Waals surface area contributed by atoms with Gasteiger partial charge in [-0.05, 0) is 44.5 Å². The Balaban J connectivity index is 1.57. The molecule has 4 nitrogen and oxygen atoms in total. The smallest absolute Gasteiger partial charge is 0.226 e. The highest BCUT2D eigenvalue weighted by Crippen LogP contribution is 2.20. The zero-order chi connectivity index (χ0) is 13.8. The number of rotatable bonds is 4. The van der Waals surface area contributed by atoms with Gasteiger partial charge >= 0.3 is 0 Å². The van der Waals surface area contributed by atoms with E-state index >= 15 is 0 Å². The van der Waals surface area contributed by atoms with Crippen LogP contribution in [0.4, 0.5) is 0 Å². The van der Waals surface area contributed by atoms with Crippen LogP contribution in [0.1, 0.15) is 30.1 Å². The predicted octanol–water partition coefficient (Wildman–Crippen LogP) is 2.54. The summed E-state index contributed by atoms with van der Waals surface area (Å²) in [6, 6.07) is 10.3. The van der Waals surface area contributed by atoms with Gasteiger partial charge in [0.05, 0.1) is 0 Å². The fourth-order valence-electron chi connectivity index (χ4n) is 2.74. The summed E-state index contributed by atoms with van der Waals surface area (Å²) in [5, 5.41) is 4.10. The SMILES string of the molecule is CN1CCC(Cc2nc(Cc3ccccc3)no2)CC1. The molecule has 0 unspecified atom stereocenters. The second kappa shape index (κ2) is 6.18. The van der Waals surface area contributed by atoms with E-state index in [-0.39, 0.29) is 0 Å². The van der Waals surface area contributed by atoms with Crippen molar-refractivity contribution in [2.24, 2.45) is 5.92 Å². The number of piperidine rings is 1. The molecule has 0 saturated carbocycles. The van der Waals surface area contributed by atoms with Gasteiger partial charge in [0.25, 0.3) is 0 Å². The highest BCUT2D eigenvalue weighted by atomic mass is 16.5. The fourth-order valence-corrected chi connectivity index (χ4v) is 2.74. The quantitative estimate of drug-likeness (QED) is 0.857. The third-order valence-electron chi connectivity index (χ3n) is 4.02. The average molecular weight is 271 g/mol. The third kappa shape index (κ3) is 3.45. The molecule has 1 aromatic carbocycles. The predicted molar refractivity (Wildman–Crippen MR) is 77.5 cm³/mol. The molecule has 0 aliphatic carbocycles. The lowest BCUT2D eigenvalue weighted by molar-refractivity contribution is 0.208. The summed E-state index contributed by atoms with van der Waals surface area (Å²) in [4.78, 5) is 6.91. The molecule has 0 bridgehead atoms. The topological polar surface area (TPSA) is 42.2 Å². The molecule has 1 aliphatic heterocycles. The molecule has 0 amide bonds. The number of hydrogen-bond acceptors (Lipinski definition) is 4. The van der Waals surface area contributed by atoms with Crippen molar-refractivity contribution in [3.8, 4) is 0 Å². The maximum Gasteiger partial charge on any atom is 0.226 e. The van der Waals surface area contributed by atoms with Crippen LogP contribution in [0.15, 0.2) is 34.9 Å². The van der Waals surface area contributed by atoms with Crippen LogP contribution in [0.2, 0.25) is 0 Å². The number of likely N-dealkylation sites (tertiary alicyclic amines) is 1. The Bertz CT molecular complexity index is 530. The average Bonchev–Trinajstić information content (AvgIpc) is 2.90. The molecule has 2 aromatic rings. The molecule has 0 atom stereocenters. The second-order valence-corrected chi connectivity index (χ2v) is 5.72. The monoisotopic (exact) mass is 271 g/mol. The van der Waals surface area contributed by atoms with Crippen molar-refractivity contribution < 1.29 is 4.52 Å². The van der Waals surface area contributed by atoms with Gasteiger partial charge in [-0.1, -0.05) is 35.5 Å². The Morgan fingerprint density at radius 1 is 1.20 bits per heavy atom. The van der Waals surface area contributed by atoms with E-state index in [1.165, 1.54) is 31.5 Å². The van der Waals surface area contributed by atoms with Crippen molar-refractivity contribution in [3.05, 3.63) is 47.6 Å². The van der Waals surface area contributed by atoms with E-state index in [1.54, 1.807) is 0 Å². The Morgan fingerprint density at radius 3 is 2.70 bits per heavy atom. The minimum Gasteiger partial charge on any atom is -0.339 e. The van der Waals surface area contributed by atoms with Crippen LogP contribution in [0.25, 0.3) is 0 Å². The van der Waals surface area contributed by atoms with Crippen molar-refractivity contribution in [2.75, 3.05) is 20.1 Å². The molecule has 0 N–H and O–H groups in total. The molecule has 0 spiro atoms. The normalized spacial score (nSPS) is 17.4. The van der Waals surface area contributed by atoms with Gasteiger partial charge in [-0.2, -0.15) is 4.98 Å². The van der Waals surface area contributed by atoms with Gasteiger partial charge in [-0.3, -0.25) is 0 Å². The highest BCUT2D eigenvalue weighted by Gasteiger charge is 2.19. The van der Waals surface area contributed by atoms with Crippen molar-refractivity contribution in [1.29, 1.82) is 0 Å². The molecule has 1 aromatic heterocycles. The van der Waals surface area contributed by atoms with Crippen LogP contribution in [-0.4, -0.2) is 35.2 Å². The van der Waals surface area contributed by atoms with Crippen molar-refractivity contribution in [3.63, 3.8) is 0 Å². The molecular weight excluding hydrogens is 250 g/mol. The molecule has 1 aliphatic rings. The van der Waals surface area contributed by atoms with Crippen LogP contribution in [0, 0.1) is 5.92 Å². The minimum atomic E-state index is 0.691. The molecule has 1 fully saturated rings. The molecule has 20 heavy (non-hydrogen) atoms. The maximum atomic E-state index is 5.39. The van der Waals surface area contributed by atoms with Crippen LogP contribution >= 0.6 is 0 Å². The molecule has 2 heterocycles. The van der Waals surface area contributed by atoms with E-state index in [0.717, 1.165) is 24.6 Å². The zero-order valence-corrected chi connectivity index (χ0v) is 12.0. The highest BCUT2D eigenvalue weighted by molar-refractivity contribution is 5.18. The number of hydrogen-bond donors (Lipinski definition) is 0. The summed E-state index contributed by atoms with van der Waals surface area (Å²) in [7, 11) is 2.18. The van der Waals surface area contributed by atoms with Gasteiger partial charge in [-0.25, -0.2) is 0 Å². The third-order valence-corrected chi connectivity index (χ3v) is 4.02. The van der Waals surface area contributed by atoms with Crippen LogP contribution in [0.3, 0.4) is 0 Å². The van der Waals surface area contributed by atoms with E-state index in [9.17, 15) is 0 Å². The molecule has 0 radical (unpaired) electrons. The first-order chi connectivity index (χ1) is 9.79. The number of aromatic nitrogens is 2. The van der Waals surface area contributed by atoms with E-state index in [2.05, 4.69) is 34.2 Å². The van der Waals surface area contributed by atoms with Crippen molar-refractivity contribution in [1.82, 2.24) is 15.0 Å². The fraction of sp³-hybridized carbons (Fsp3) is 0.500. The second-order valence-electron chi connectivity index (χ2n) is 5.72. The molecule has 1 saturated heterocycles. The summed E-state index contributed by atoms with van der Waals surface area (Å²) in [5.74, 6) is 2.28. The molecule has 3 rings (SSSR count). The van der Waals surface area contributed by atoms with E-state index in [4.69, 9.17) is 4.52 Å². The first kappa shape index (κ1) is 13.3. The zero-order valence-electron chi connectivity index (χ0n) is 12.0. The van der Waals surface area contributed by atoms with Gasteiger partial charge in [0.15, 0.2) is 5.82 Å². The summed E-state index contributed by atoms with van der Waals surface area (Å²) in [6.45, 7) is 2.35. The standard InChI is InChI=1S/C16H21N3O/c1-19-9-7-14(8-10-19)12-16-17-15(18-20-16)11-13-5-3-2-4-6-13/h2-6,14H,7-12H2,1H3. The van der Waals surface area contributed by atoms with Gasteiger partial charge in [0.2, 0.25) is 5.89 Å². The Morgan fingerprint density at radius 2 is 1.95 bits per heavy atom. The van der Waals surface area contributed by atoms with E-state index in [0.29, 0.717) is 5.92 Å². The van der Waals surface area contributed by atoms with Crippen molar-refractivity contribution >= 4 is 0 Å². The Labute approximate surface area is 119 Å². The Hall–Kier alpha value is -1.68. The van der Waals surface area contributed by atoms with E-state index in [1.807, 2.05) is 18.2 Å². The lowest BCUT2D eigenvalue weighted by Crippen LogP contribution is -2.30. The molecular formula is C16H21N3O. The summed E-state index contributed by atoms with van der Waals surface area (Å²) < 4.78 is 5.39. The molecule has 4 heteroatoms. The minimum absolute atomic E-state index is 0.691. The largest absolute Gasteiger partial charge is 0.339 e. The number of benzene rings is 1. The van der Waals surface area contributed by atoms with Gasteiger partial charge < -0.3 is 9.42 Å². The molecule has 106 valence electrons. The van der Waals surface area contributed by atoms with Crippen LogP contribution < -0.4 is 0 Å². The van der Waals surface area contributed by atoms with Gasteiger partial charge in [0.1, 0.15) is 0 Å². The van der Waals surface area contributed by atoms with Gasteiger partial charge in [0, 0.05) is 12.8 Å². The summed E-state index contributed by atoms with van der Waals surface area (Å²) >= 11 is 0. The maximum absolute atomic E-state index is 5.39. The number of nitrogens with zero attached hydrogens (tertiary/aromatic N) is 3.